The maximum absolute atomic E-state index is 11.6. The summed E-state index contributed by atoms with van der Waals surface area (Å²) in [7, 11) is 0. The highest BCUT2D eigenvalue weighted by Crippen LogP contribution is 2.19. The second-order valence-corrected chi connectivity index (χ2v) is 5.92. The standard InChI is InChI=1S/C18H28N2O2.ClH/c1-3-12-20(16-8-10-19-11-9-16)13-14-22-18-7-5-4-6-17(18)15(2)21;/h4-7,16,19H,3,8-14H2,1-2H3;1H. The largest absolute Gasteiger partial charge is 0.491 e. The summed E-state index contributed by atoms with van der Waals surface area (Å²) in [5, 5.41) is 3.42. The van der Waals surface area contributed by atoms with E-state index >= 15 is 0 Å². The van der Waals surface area contributed by atoms with Crippen molar-refractivity contribution in [1.82, 2.24) is 10.2 Å². The fourth-order valence-corrected chi connectivity index (χ4v) is 3.09. The molecule has 0 radical (unpaired) electrons. The van der Waals surface area contributed by atoms with E-state index in [2.05, 4.69) is 17.1 Å². The molecule has 23 heavy (non-hydrogen) atoms. The fraction of sp³-hybridized carbons (Fsp3) is 0.611. The maximum atomic E-state index is 11.6. The van der Waals surface area contributed by atoms with E-state index in [4.69, 9.17) is 4.74 Å². The molecule has 0 aliphatic carbocycles. The van der Waals surface area contributed by atoms with Crippen molar-refractivity contribution in [3.05, 3.63) is 29.8 Å². The first-order chi connectivity index (χ1) is 10.7. The molecule has 0 spiro atoms. The van der Waals surface area contributed by atoms with Gasteiger partial charge in [-0.05, 0) is 58.0 Å². The van der Waals surface area contributed by atoms with Crippen LogP contribution in [-0.4, -0.2) is 49.5 Å². The quantitative estimate of drug-likeness (QED) is 0.738. The average molecular weight is 341 g/mol. The molecule has 1 N–H and O–H groups in total. The van der Waals surface area contributed by atoms with Crippen molar-refractivity contribution < 1.29 is 9.53 Å². The normalized spacial score (nSPS) is 15.3. The molecule has 1 heterocycles. The second kappa shape index (κ2) is 10.6. The number of carbonyl (C=O) groups excluding carboxylic acids is 1. The van der Waals surface area contributed by atoms with Crippen molar-refractivity contribution in [1.29, 1.82) is 0 Å². The zero-order valence-corrected chi connectivity index (χ0v) is 15.0. The average Bonchev–Trinajstić information content (AvgIpc) is 2.55. The SMILES string of the molecule is CCCN(CCOc1ccccc1C(C)=O)C1CCNCC1.Cl. The van der Waals surface area contributed by atoms with Gasteiger partial charge in [-0.1, -0.05) is 19.1 Å². The smallest absolute Gasteiger partial charge is 0.163 e. The molecule has 0 aromatic heterocycles. The lowest BCUT2D eigenvalue weighted by Gasteiger charge is -2.34. The fourth-order valence-electron chi connectivity index (χ4n) is 3.09. The first-order valence-electron chi connectivity index (χ1n) is 8.40. The molecule has 1 aromatic rings. The molecule has 0 atom stereocenters. The lowest BCUT2D eigenvalue weighted by Crippen LogP contribution is -2.45. The van der Waals surface area contributed by atoms with Crippen LogP contribution in [0.4, 0.5) is 0 Å². The van der Waals surface area contributed by atoms with Gasteiger partial charge in [0.25, 0.3) is 0 Å². The molecule has 1 aromatic carbocycles. The topological polar surface area (TPSA) is 41.6 Å². The molecule has 2 rings (SSSR count). The van der Waals surface area contributed by atoms with Crippen molar-refractivity contribution in [3.8, 4) is 5.75 Å². The van der Waals surface area contributed by atoms with Gasteiger partial charge in [-0.2, -0.15) is 0 Å². The summed E-state index contributed by atoms with van der Waals surface area (Å²) in [6.45, 7) is 8.69. The highest BCUT2D eigenvalue weighted by Gasteiger charge is 2.20. The van der Waals surface area contributed by atoms with Gasteiger partial charge in [0.1, 0.15) is 12.4 Å². The van der Waals surface area contributed by atoms with Crippen LogP contribution < -0.4 is 10.1 Å². The summed E-state index contributed by atoms with van der Waals surface area (Å²) < 4.78 is 5.89. The van der Waals surface area contributed by atoms with Crippen molar-refractivity contribution in [3.63, 3.8) is 0 Å². The van der Waals surface area contributed by atoms with Gasteiger partial charge in [-0.3, -0.25) is 9.69 Å². The molecule has 0 saturated carbocycles. The van der Waals surface area contributed by atoms with Crippen molar-refractivity contribution >= 4 is 18.2 Å². The lowest BCUT2D eigenvalue weighted by molar-refractivity contribution is 0.101. The van der Waals surface area contributed by atoms with Gasteiger partial charge in [-0.25, -0.2) is 0 Å². The summed E-state index contributed by atoms with van der Waals surface area (Å²) in [5.74, 6) is 0.760. The van der Waals surface area contributed by atoms with E-state index < -0.39 is 0 Å². The van der Waals surface area contributed by atoms with E-state index in [1.165, 1.54) is 12.8 Å². The van der Waals surface area contributed by atoms with Crippen LogP contribution in [-0.2, 0) is 0 Å². The number of benzene rings is 1. The summed E-state index contributed by atoms with van der Waals surface area (Å²) in [4.78, 5) is 14.2. The van der Waals surface area contributed by atoms with E-state index in [9.17, 15) is 4.79 Å². The highest BCUT2D eigenvalue weighted by molar-refractivity contribution is 5.96. The minimum atomic E-state index is 0. The Bertz CT molecular complexity index is 476. The Kier molecular flexibility index (Phi) is 9.22. The first kappa shape index (κ1) is 19.9. The predicted molar refractivity (Wildman–Crippen MR) is 96.9 cm³/mol. The van der Waals surface area contributed by atoms with E-state index in [1.54, 1.807) is 6.92 Å². The number of ketones is 1. The molecule has 5 heteroatoms. The maximum Gasteiger partial charge on any atom is 0.163 e. The third kappa shape index (κ3) is 6.13. The summed E-state index contributed by atoms with van der Waals surface area (Å²) >= 11 is 0. The highest BCUT2D eigenvalue weighted by atomic mass is 35.5. The van der Waals surface area contributed by atoms with Crippen LogP contribution >= 0.6 is 12.4 Å². The Balaban J connectivity index is 0.00000264. The monoisotopic (exact) mass is 340 g/mol. The van der Waals surface area contributed by atoms with Crippen LogP contribution in [0.15, 0.2) is 24.3 Å². The number of carbonyl (C=O) groups is 1. The van der Waals surface area contributed by atoms with E-state index in [0.717, 1.165) is 32.6 Å². The molecule has 0 unspecified atom stereocenters. The van der Waals surface area contributed by atoms with E-state index in [0.29, 0.717) is 24.0 Å². The minimum absolute atomic E-state index is 0. The van der Waals surface area contributed by atoms with E-state index in [1.807, 2.05) is 24.3 Å². The van der Waals surface area contributed by atoms with E-state index in [-0.39, 0.29) is 18.2 Å². The van der Waals surface area contributed by atoms with Crippen molar-refractivity contribution in [2.45, 2.75) is 39.2 Å². The van der Waals surface area contributed by atoms with Crippen LogP contribution in [0, 0.1) is 0 Å². The number of halogens is 1. The number of ether oxygens (including phenoxy) is 1. The molecular formula is C18H29ClN2O2. The van der Waals surface area contributed by atoms with Crippen LogP contribution in [0.2, 0.25) is 0 Å². The van der Waals surface area contributed by atoms with Crippen molar-refractivity contribution in [2.24, 2.45) is 0 Å². The van der Waals surface area contributed by atoms with Gasteiger partial charge in [-0.15, -0.1) is 12.4 Å². The minimum Gasteiger partial charge on any atom is -0.491 e. The zero-order valence-electron chi connectivity index (χ0n) is 14.2. The Morgan fingerprint density at radius 3 is 2.61 bits per heavy atom. The van der Waals surface area contributed by atoms with Gasteiger partial charge >= 0.3 is 0 Å². The third-order valence-electron chi connectivity index (χ3n) is 4.24. The number of hydrogen-bond acceptors (Lipinski definition) is 4. The Hall–Kier alpha value is -1.10. The van der Waals surface area contributed by atoms with Gasteiger partial charge in [0, 0.05) is 12.6 Å². The predicted octanol–water partition coefficient (Wildman–Crippen LogP) is 3.15. The zero-order chi connectivity index (χ0) is 15.8. The molecule has 1 aliphatic heterocycles. The summed E-state index contributed by atoms with van der Waals surface area (Å²) in [6.07, 6.45) is 3.59. The number of hydrogen-bond donors (Lipinski definition) is 1. The van der Waals surface area contributed by atoms with Crippen LogP contribution in [0.3, 0.4) is 0 Å². The number of nitrogens with zero attached hydrogens (tertiary/aromatic N) is 1. The Morgan fingerprint density at radius 2 is 1.96 bits per heavy atom. The molecule has 1 aliphatic rings. The molecule has 0 bridgehead atoms. The summed E-state index contributed by atoms with van der Waals surface area (Å²) in [6, 6.07) is 8.16. The Morgan fingerprint density at radius 1 is 1.26 bits per heavy atom. The molecule has 130 valence electrons. The Labute approximate surface area is 146 Å². The number of Topliss-reactive ketones (excluding diaryl/α,β-unsaturated/α-hetero) is 1. The molecular weight excluding hydrogens is 312 g/mol. The lowest BCUT2D eigenvalue weighted by atomic mass is 10.0. The third-order valence-corrected chi connectivity index (χ3v) is 4.24. The van der Waals surface area contributed by atoms with Gasteiger partial charge in [0.15, 0.2) is 5.78 Å². The molecule has 1 saturated heterocycles. The molecule has 0 amide bonds. The van der Waals surface area contributed by atoms with Crippen LogP contribution in [0.25, 0.3) is 0 Å². The van der Waals surface area contributed by atoms with Gasteiger partial charge < -0.3 is 10.1 Å². The number of rotatable bonds is 8. The van der Waals surface area contributed by atoms with Gasteiger partial charge in [0.05, 0.1) is 5.56 Å². The molecule has 4 nitrogen and oxygen atoms in total. The van der Waals surface area contributed by atoms with Crippen LogP contribution in [0.1, 0.15) is 43.5 Å². The summed E-state index contributed by atoms with van der Waals surface area (Å²) in [5.41, 5.74) is 0.673. The van der Waals surface area contributed by atoms with Gasteiger partial charge in [0.2, 0.25) is 0 Å². The number of piperidine rings is 1. The van der Waals surface area contributed by atoms with Crippen molar-refractivity contribution in [2.75, 3.05) is 32.8 Å². The molecule has 1 fully saturated rings. The number of nitrogens with one attached hydrogen (secondary N) is 1. The number of para-hydroxylation sites is 1. The second-order valence-electron chi connectivity index (χ2n) is 5.92. The first-order valence-corrected chi connectivity index (χ1v) is 8.40. The van der Waals surface area contributed by atoms with Crippen LogP contribution in [0.5, 0.6) is 5.75 Å².